The second-order valence-electron chi connectivity index (χ2n) is 6.82. The number of amides is 1. The lowest BCUT2D eigenvalue weighted by atomic mass is 10.2. The lowest BCUT2D eigenvalue weighted by Gasteiger charge is -2.17. The van der Waals surface area contributed by atoms with Crippen LogP contribution in [-0.4, -0.2) is 15.5 Å². The molecule has 2 aromatic carbocycles. The molecule has 2 heterocycles. The van der Waals surface area contributed by atoms with Crippen molar-refractivity contribution in [1.82, 2.24) is 14.9 Å². The van der Waals surface area contributed by atoms with Gasteiger partial charge < -0.3 is 14.3 Å². The van der Waals surface area contributed by atoms with Gasteiger partial charge in [-0.3, -0.25) is 4.79 Å². The summed E-state index contributed by atoms with van der Waals surface area (Å²) >= 11 is 12.8. The highest BCUT2D eigenvalue weighted by Gasteiger charge is 2.19. The van der Waals surface area contributed by atoms with Gasteiger partial charge in [0.2, 0.25) is 5.91 Å². The molecule has 30 heavy (non-hydrogen) atoms. The maximum atomic E-state index is 12.4. The zero-order valence-electron chi connectivity index (χ0n) is 16.2. The van der Waals surface area contributed by atoms with Crippen LogP contribution in [0.3, 0.4) is 0 Å². The Hall–Kier alpha value is -3.02. The number of para-hydroxylation sites is 2. The van der Waals surface area contributed by atoms with Crippen LogP contribution in [0.25, 0.3) is 17.1 Å². The van der Waals surface area contributed by atoms with Crippen molar-refractivity contribution < 1.29 is 9.21 Å². The standard InChI is InChI=1S/C23H19Cl2N3O2/c1-15(26-22(29)12-11-16-6-5-13-30-16)23-27-20-9-2-3-10-21(20)28(23)14-17-18(24)7-4-8-19(17)25/h2-13,15H,14H2,1H3,(H,26,29)/b12-11-/t15-/m0/s1. The number of imidazole rings is 1. The topological polar surface area (TPSA) is 60.1 Å². The van der Waals surface area contributed by atoms with E-state index >= 15 is 0 Å². The predicted octanol–water partition coefficient (Wildman–Crippen LogP) is 5.88. The Morgan fingerprint density at radius 1 is 1.13 bits per heavy atom. The van der Waals surface area contributed by atoms with E-state index in [9.17, 15) is 4.79 Å². The van der Waals surface area contributed by atoms with Crippen LogP contribution in [0.5, 0.6) is 0 Å². The SMILES string of the molecule is C[C@H](NC(=O)/C=C\c1ccco1)c1nc2ccccc2n1Cc1c(Cl)cccc1Cl. The molecule has 2 aromatic heterocycles. The number of carbonyl (C=O) groups excluding carboxylic acids is 1. The average Bonchev–Trinajstić information content (AvgIpc) is 3.37. The number of benzene rings is 2. The number of fused-ring (bicyclic) bond motifs is 1. The van der Waals surface area contributed by atoms with E-state index in [1.165, 1.54) is 6.08 Å². The number of hydrogen-bond donors (Lipinski definition) is 1. The molecule has 0 aliphatic heterocycles. The molecule has 1 atom stereocenters. The van der Waals surface area contributed by atoms with Gasteiger partial charge in [0, 0.05) is 21.7 Å². The van der Waals surface area contributed by atoms with Crippen molar-refractivity contribution in [2.75, 3.05) is 0 Å². The van der Waals surface area contributed by atoms with Gasteiger partial charge in [-0.1, -0.05) is 41.4 Å². The van der Waals surface area contributed by atoms with Crippen molar-refractivity contribution in [1.29, 1.82) is 0 Å². The van der Waals surface area contributed by atoms with E-state index in [0.29, 0.717) is 28.2 Å². The van der Waals surface area contributed by atoms with Crippen LogP contribution in [0.1, 0.15) is 30.1 Å². The lowest BCUT2D eigenvalue weighted by molar-refractivity contribution is -0.117. The molecular formula is C23H19Cl2N3O2. The highest BCUT2D eigenvalue weighted by molar-refractivity contribution is 6.36. The molecule has 0 saturated heterocycles. The summed E-state index contributed by atoms with van der Waals surface area (Å²) < 4.78 is 7.24. The normalized spacial score (nSPS) is 12.5. The highest BCUT2D eigenvalue weighted by atomic mass is 35.5. The van der Waals surface area contributed by atoms with Crippen molar-refractivity contribution in [2.45, 2.75) is 19.5 Å². The van der Waals surface area contributed by atoms with E-state index < -0.39 is 0 Å². The fraction of sp³-hybridized carbons (Fsp3) is 0.130. The Labute approximate surface area is 183 Å². The molecule has 1 amide bonds. The number of nitrogens with zero attached hydrogens (tertiary/aromatic N) is 2. The molecule has 0 aliphatic carbocycles. The van der Waals surface area contributed by atoms with Gasteiger partial charge in [0.25, 0.3) is 0 Å². The first-order valence-corrected chi connectivity index (χ1v) is 10.2. The van der Waals surface area contributed by atoms with Gasteiger partial charge in [-0.2, -0.15) is 0 Å². The minimum absolute atomic E-state index is 0.242. The Morgan fingerprint density at radius 2 is 1.90 bits per heavy atom. The van der Waals surface area contributed by atoms with Crippen molar-refractivity contribution >= 4 is 46.2 Å². The molecule has 7 heteroatoms. The van der Waals surface area contributed by atoms with E-state index in [2.05, 4.69) is 5.32 Å². The summed E-state index contributed by atoms with van der Waals surface area (Å²) in [5.74, 6) is 1.08. The second-order valence-corrected chi connectivity index (χ2v) is 7.64. The number of hydrogen-bond acceptors (Lipinski definition) is 3. The maximum absolute atomic E-state index is 12.4. The molecule has 0 bridgehead atoms. The van der Waals surface area contributed by atoms with Crippen molar-refractivity contribution in [3.63, 3.8) is 0 Å². The molecule has 1 N–H and O–H groups in total. The fourth-order valence-electron chi connectivity index (χ4n) is 3.30. The number of carbonyl (C=O) groups is 1. The predicted molar refractivity (Wildman–Crippen MR) is 120 cm³/mol. The van der Waals surface area contributed by atoms with E-state index in [0.717, 1.165) is 16.6 Å². The van der Waals surface area contributed by atoms with Crippen LogP contribution in [0.2, 0.25) is 10.0 Å². The largest absolute Gasteiger partial charge is 0.465 e. The van der Waals surface area contributed by atoms with Crippen LogP contribution >= 0.6 is 23.2 Å². The van der Waals surface area contributed by atoms with Crippen LogP contribution in [-0.2, 0) is 11.3 Å². The molecule has 0 fully saturated rings. The van der Waals surface area contributed by atoms with Gasteiger partial charge >= 0.3 is 0 Å². The van der Waals surface area contributed by atoms with Gasteiger partial charge in [-0.25, -0.2) is 4.98 Å². The van der Waals surface area contributed by atoms with Gasteiger partial charge in [0.15, 0.2) is 0 Å². The number of aromatic nitrogens is 2. The summed E-state index contributed by atoms with van der Waals surface area (Å²) in [5.41, 5.74) is 2.58. The summed E-state index contributed by atoms with van der Waals surface area (Å²) in [6, 6.07) is 16.5. The quantitative estimate of drug-likeness (QED) is 0.381. The molecule has 0 unspecified atom stereocenters. The van der Waals surface area contributed by atoms with E-state index in [1.807, 2.05) is 54.0 Å². The van der Waals surface area contributed by atoms with Crippen LogP contribution in [0, 0.1) is 0 Å². The van der Waals surface area contributed by atoms with Crippen LogP contribution in [0.4, 0.5) is 0 Å². The third-order valence-corrected chi connectivity index (χ3v) is 5.46. The Kier molecular flexibility index (Phi) is 5.93. The van der Waals surface area contributed by atoms with Gasteiger partial charge in [0.1, 0.15) is 11.6 Å². The zero-order valence-corrected chi connectivity index (χ0v) is 17.7. The molecule has 152 valence electrons. The Balaban J connectivity index is 1.65. The monoisotopic (exact) mass is 439 g/mol. The summed E-state index contributed by atoms with van der Waals surface area (Å²) in [6.07, 6.45) is 4.62. The first kappa shape index (κ1) is 20.3. The summed E-state index contributed by atoms with van der Waals surface area (Å²) in [6.45, 7) is 2.33. The number of furan rings is 1. The molecule has 5 nitrogen and oxygen atoms in total. The molecule has 0 spiro atoms. The molecule has 0 radical (unpaired) electrons. The Bertz CT molecular complexity index is 1190. The summed E-state index contributed by atoms with van der Waals surface area (Å²) in [7, 11) is 0. The average molecular weight is 440 g/mol. The second kappa shape index (κ2) is 8.78. The smallest absolute Gasteiger partial charge is 0.244 e. The van der Waals surface area contributed by atoms with Gasteiger partial charge in [-0.15, -0.1) is 0 Å². The summed E-state index contributed by atoms with van der Waals surface area (Å²) in [5, 5.41) is 4.13. The molecule has 0 aliphatic rings. The highest BCUT2D eigenvalue weighted by Crippen LogP contribution is 2.29. The number of nitrogens with one attached hydrogen (secondary N) is 1. The minimum Gasteiger partial charge on any atom is -0.465 e. The molecule has 0 saturated carbocycles. The minimum atomic E-state index is -0.340. The third-order valence-electron chi connectivity index (χ3n) is 4.75. The van der Waals surface area contributed by atoms with Gasteiger partial charge in [-0.05, 0) is 49.4 Å². The maximum Gasteiger partial charge on any atom is 0.244 e. The lowest BCUT2D eigenvalue weighted by Crippen LogP contribution is -2.27. The third kappa shape index (κ3) is 4.27. The van der Waals surface area contributed by atoms with Crippen molar-refractivity contribution in [2.24, 2.45) is 0 Å². The first-order chi connectivity index (χ1) is 14.5. The fourth-order valence-corrected chi connectivity index (χ4v) is 3.82. The van der Waals surface area contributed by atoms with E-state index in [-0.39, 0.29) is 11.9 Å². The van der Waals surface area contributed by atoms with E-state index in [1.54, 1.807) is 24.5 Å². The van der Waals surface area contributed by atoms with Crippen molar-refractivity contribution in [3.05, 3.63) is 94.1 Å². The summed E-state index contributed by atoms with van der Waals surface area (Å²) in [4.78, 5) is 17.1. The zero-order chi connectivity index (χ0) is 21.1. The molecular weight excluding hydrogens is 421 g/mol. The number of halogens is 2. The number of rotatable bonds is 6. The Morgan fingerprint density at radius 3 is 2.63 bits per heavy atom. The molecule has 4 rings (SSSR count). The van der Waals surface area contributed by atoms with Crippen molar-refractivity contribution in [3.8, 4) is 0 Å². The van der Waals surface area contributed by atoms with Crippen LogP contribution in [0.15, 0.2) is 71.4 Å². The van der Waals surface area contributed by atoms with Gasteiger partial charge in [0.05, 0.1) is 29.9 Å². The van der Waals surface area contributed by atoms with E-state index in [4.69, 9.17) is 32.6 Å². The first-order valence-electron chi connectivity index (χ1n) is 9.43. The molecule has 4 aromatic rings. The van der Waals surface area contributed by atoms with Crippen LogP contribution < -0.4 is 5.32 Å².